The van der Waals surface area contributed by atoms with Crippen molar-refractivity contribution >= 4 is 27.4 Å². The molecule has 0 atom stereocenters. The summed E-state index contributed by atoms with van der Waals surface area (Å²) >= 11 is 3.44. The lowest BCUT2D eigenvalue weighted by Gasteiger charge is -2.21. The van der Waals surface area contributed by atoms with Gasteiger partial charge in [-0.3, -0.25) is 4.40 Å². The van der Waals surface area contributed by atoms with E-state index in [1.807, 2.05) is 10.6 Å². The molecule has 0 unspecified atom stereocenters. The van der Waals surface area contributed by atoms with Gasteiger partial charge in [0, 0.05) is 30.8 Å². The summed E-state index contributed by atoms with van der Waals surface area (Å²) in [6.45, 7) is 4.02. The van der Waals surface area contributed by atoms with Crippen molar-refractivity contribution < 1.29 is 0 Å². The van der Waals surface area contributed by atoms with Gasteiger partial charge in [0.05, 0.1) is 0 Å². The zero-order valence-corrected chi connectivity index (χ0v) is 10.8. The van der Waals surface area contributed by atoms with E-state index in [-0.39, 0.29) is 0 Å². The van der Waals surface area contributed by atoms with Gasteiger partial charge in [-0.05, 0) is 13.3 Å². The summed E-state index contributed by atoms with van der Waals surface area (Å²) in [5, 5.41) is 8.99. The monoisotopic (exact) mass is 283 g/mol. The lowest BCUT2D eigenvalue weighted by atomic mass is 10.4. The highest BCUT2D eigenvalue weighted by Crippen LogP contribution is 2.16. The molecule has 0 bridgehead atoms. The van der Waals surface area contributed by atoms with Gasteiger partial charge in [-0.2, -0.15) is 0 Å². The molecule has 0 aromatic carbocycles. The second-order valence-corrected chi connectivity index (χ2v) is 4.23. The topological polar surface area (TPSA) is 46.3 Å². The molecule has 5 nitrogen and oxygen atoms in total. The molecule has 0 spiro atoms. The average molecular weight is 284 g/mol. The van der Waals surface area contributed by atoms with Crippen LogP contribution >= 0.6 is 15.9 Å². The van der Waals surface area contributed by atoms with Gasteiger partial charge in [0.15, 0.2) is 5.82 Å². The van der Waals surface area contributed by atoms with Crippen molar-refractivity contribution in [3.63, 3.8) is 0 Å². The number of anilines is 1. The molecule has 6 heteroatoms. The molecule has 0 aliphatic carbocycles. The van der Waals surface area contributed by atoms with E-state index in [4.69, 9.17) is 0 Å². The summed E-state index contributed by atoms with van der Waals surface area (Å²) in [6, 6.07) is 0. The number of halogens is 1. The highest BCUT2D eigenvalue weighted by atomic mass is 79.9. The van der Waals surface area contributed by atoms with Crippen molar-refractivity contribution in [2.45, 2.75) is 13.3 Å². The van der Waals surface area contributed by atoms with Crippen LogP contribution in [0.2, 0.25) is 0 Å². The van der Waals surface area contributed by atoms with Gasteiger partial charge in [-0.1, -0.05) is 15.9 Å². The minimum atomic E-state index is 0.818. The Labute approximate surface area is 103 Å². The summed E-state index contributed by atoms with van der Waals surface area (Å²) in [6.07, 6.45) is 6.42. The third-order valence-electron chi connectivity index (χ3n) is 2.44. The van der Waals surface area contributed by atoms with Crippen LogP contribution in [-0.2, 0) is 0 Å². The quantitative estimate of drug-likeness (QED) is 0.785. The van der Waals surface area contributed by atoms with Crippen LogP contribution < -0.4 is 4.90 Å². The van der Waals surface area contributed by atoms with E-state index in [0.717, 1.165) is 36.3 Å². The van der Waals surface area contributed by atoms with E-state index in [1.54, 1.807) is 12.5 Å². The normalized spacial score (nSPS) is 10.9. The van der Waals surface area contributed by atoms with Crippen molar-refractivity contribution in [3.8, 4) is 0 Å². The molecule has 16 heavy (non-hydrogen) atoms. The van der Waals surface area contributed by atoms with Crippen LogP contribution in [0.4, 0.5) is 5.82 Å². The molecule has 0 aliphatic heterocycles. The first kappa shape index (κ1) is 11.3. The molecule has 0 radical (unpaired) electrons. The van der Waals surface area contributed by atoms with E-state index in [1.165, 1.54) is 0 Å². The van der Waals surface area contributed by atoms with Crippen molar-refractivity contribution in [2.75, 3.05) is 23.3 Å². The van der Waals surface area contributed by atoms with Crippen LogP contribution in [0.3, 0.4) is 0 Å². The summed E-state index contributed by atoms with van der Waals surface area (Å²) in [5.41, 5.74) is 0.818. The zero-order valence-electron chi connectivity index (χ0n) is 9.17. The maximum absolute atomic E-state index is 4.39. The fourth-order valence-corrected chi connectivity index (χ4v) is 1.88. The van der Waals surface area contributed by atoms with Crippen molar-refractivity contribution in [1.29, 1.82) is 0 Å². The maximum atomic E-state index is 4.39. The Morgan fingerprint density at radius 3 is 3.12 bits per heavy atom. The third kappa shape index (κ3) is 2.16. The minimum absolute atomic E-state index is 0.818. The van der Waals surface area contributed by atoms with E-state index < -0.39 is 0 Å². The first-order chi connectivity index (χ1) is 7.86. The number of alkyl halides is 1. The second kappa shape index (κ2) is 5.25. The number of aromatic nitrogens is 4. The third-order valence-corrected chi connectivity index (χ3v) is 3.00. The summed E-state index contributed by atoms with van der Waals surface area (Å²) in [5.74, 6) is 0.906. The number of fused-ring (bicyclic) bond motifs is 1. The van der Waals surface area contributed by atoms with Gasteiger partial charge in [0.1, 0.15) is 6.33 Å². The Balaban J connectivity index is 2.32. The molecule has 2 aromatic rings. The average Bonchev–Trinajstić information content (AvgIpc) is 2.78. The van der Waals surface area contributed by atoms with Gasteiger partial charge >= 0.3 is 0 Å². The van der Waals surface area contributed by atoms with Crippen LogP contribution in [0.5, 0.6) is 0 Å². The van der Waals surface area contributed by atoms with Crippen LogP contribution in [-0.4, -0.2) is 38.0 Å². The lowest BCUT2D eigenvalue weighted by Crippen LogP contribution is -2.25. The van der Waals surface area contributed by atoms with Gasteiger partial charge in [-0.25, -0.2) is 4.98 Å². The Bertz CT molecular complexity index is 455. The molecule has 2 rings (SSSR count). The molecule has 0 N–H and O–H groups in total. The maximum Gasteiger partial charge on any atom is 0.203 e. The SMILES string of the molecule is CCN(CCCBr)c1nccn2cnnc12. The molecular formula is C10H14BrN5. The lowest BCUT2D eigenvalue weighted by molar-refractivity contribution is 0.784. The first-order valence-corrected chi connectivity index (χ1v) is 6.44. The predicted molar refractivity (Wildman–Crippen MR) is 67.1 cm³/mol. The number of nitrogens with zero attached hydrogens (tertiary/aromatic N) is 5. The van der Waals surface area contributed by atoms with Crippen LogP contribution in [0, 0.1) is 0 Å². The fourth-order valence-electron chi connectivity index (χ4n) is 1.63. The molecule has 0 saturated carbocycles. The Morgan fingerprint density at radius 1 is 1.50 bits per heavy atom. The highest BCUT2D eigenvalue weighted by Gasteiger charge is 2.11. The fraction of sp³-hybridized carbons (Fsp3) is 0.500. The Morgan fingerprint density at radius 2 is 2.38 bits per heavy atom. The van der Waals surface area contributed by atoms with Crippen LogP contribution in [0.1, 0.15) is 13.3 Å². The van der Waals surface area contributed by atoms with Crippen molar-refractivity contribution in [1.82, 2.24) is 19.6 Å². The Kier molecular flexibility index (Phi) is 3.71. The largest absolute Gasteiger partial charge is 0.354 e. The molecule has 0 saturated heterocycles. The highest BCUT2D eigenvalue weighted by molar-refractivity contribution is 9.09. The molecule has 0 amide bonds. The van der Waals surface area contributed by atoms with Gasteiger partial charge in [0.25, 0.3) is 0 Å². The zero-order chi connectivity index (χ0) is 11.4. The molecule has 2 heterocycles. The summed E-state index contributed by atoms with van der Waals surface area (Å²) in [4.78, 5) is 6.60. The van der Waals surface area contributed by atoms with Gasteiger partial charge in [-0.15, -0.1) is 10.2 Å². The van der Waals surface area contributed by atoms with Crippen molar-refractivity contribution in [2.24, 2.45) is 0 Å². The molecule has 2 aromatic heterocycles. The second-order valence-electron chi connectivity index (χ2n) is 3.43. The molecular weight excluding hydrogens is 270 g/mol. The smallest absolute Gasteiger partial charge is 0.203 e. The predicted octanol–water partition coefficient (Wildman–Crippen LogP) is 1.74. The standard InChI is InChI=1S/C10H14BrN5/c1-2-15(6-3-4-11)9-10-14-13-8-16(10)7-5-12-9/h5,7-8H,2-4,6H2,1H3. The molecule has 0 aliphatic rings. The summed E-state index contributed by atoms with van der Waals surface area (Å²) in [7, 11) is 0. The van der Waals surface area contributed by atoms with E-state index >= 15 is 0 Å². The molecule has 0 fully saturated rings. The Hall–Kier alpha value is -1.17. The van der Waals surface area contributed by atoms with Crippen LogP contribution in [0.25, 0.3) is 5.65 Å². The van der Waals surface area contributed by atoms with E-state index in [9.17, 15) is 0 Å². The van der Waals surface area contributed by atoms with Crippen molar-refractivity contribution in [3.05, 3.63) is 18.7 Å². The van der Waals surface area contributed by atoms with E-state index in [2.05, 4.69) is 42.9 Å². The number of rotatable bonds is 5. The number of hydrogen-bond donors (Lipinski definition) is 0. The molecule has 86 valence electrons. The van der Waals surface area contributed by atoms with E-state index in [0.29, 0.717) is 0 Å². The number of hydrogen-bond acceptors (Lipinski definition) is 4. The summed E-state index contributed by atoms with van der Waals surface area (Å²) < 4.78 is 1.89. The first-order valence-electron chi connectivity index (χ1n) is 5.32. The van der Waals surface area contributed by atoms with Gasteiger partial charge < -0.3 is 4.90 Å². The van der Waals surface area contributed by atoms with Gasteiger partial charge in [0.2, 0.25) is 5.65 Å². The minimum Gasteiger partial charge on any atom is -0.354 e. The van der Waals surface area contributed by atoms with Crippen LogP contribution in [0.15, 0.2) is 18.7 Å².